The van der Waals surface area contributed by atoms with Gasteiger partial charge in [0.15, 0.2) is 5.67 Å². The third kappa shape index (κ3) is 8.12. The Morgan fingerprint density at radius 2 is 1.63 bits per heavy atom. The second-order valence-corrected chi connectivity index (χ2v) is 8.65. The van der Waals surface area contributed by atoms with E-state index in [2.05, 4.69) is 60.8 Å². The molecule has 0 aliphatic carbocycles. The average molecular weight is 371 g/mol. The van der Waals surface area contributed by atoms with Crippen LogP contribution in [0.5, 0.6) is 0 Å². The summed E-state index contributed by atoms with van der Waals surface area (Å²) in [4.78, 5) is 0. The first-order valence-electron chi connectivity index (χ1n) is 9.69. The summed E-state index contributed by atoms with van der Waals surface area (Å²) in [7, 11) is 0. The van der Waals surface area contributed by atoms with Crippen molar-refractivity contribution in [3.05, 3.63) is 83.0 Å². The van der Waals surface area contributed by atoms with E-state index in [1.54, 1.807) is 13.8 Å². The molecule has 1 unspecified atom stereocenters. The molecule has 0 aliphatic heterocycles. The summed E-state index contributed by atoms with van der Waals surface area (Å²) in [5.41, 5.74) is 4.35. The molecule has 0 N–H and O–H groups in total. The highest BCUT2D eigenvalue weighted by Crippen LogP contribution is 2.40. The first-order valence-corrected chi connectivity index (χ1v) is 9.69. The maximum atomic E-state index is 14.9. The number of alkyl halides is 1. The minimum atomic E-state index is -1.46. The van der Waals surface area contributed by atoms with Crippen LogP contribution in [0.25, 0.3) is 0 Å². The zero-order valence-corrected chi connectivity index (χ0v) is 19.0. The van der Waals surface area contributed by atoms with Crippen LogP contribution in [0.3, 0.4) is 0 Å². The summed E-state index contributed by atoms with van der Waals surface area (Å²) in [6, 6.07) is 5.97. The number of halogens is 1. The van der Waals surface area contributed by atoms with E-state index in [9.17, 15) is 4.39 Å². The topological polar surface area (TPSA) is 0 Å². The predicted molar refractivity (Wildman–Crippen MR) is 121 cm³/mol. The van der Waals surface area contributed by atoms with Gasteiger partial charge in [0, 0.05) is 0 Å². The highest BCUT2D eigenvalue weighted by atomic mass is 19.1. The Morgan fingerprint density at radius 3 is 2.04 bits per heavy atom. The molecule has 0 nitrogen and oxygen atoms in total. The van der Waals surface area contributed by atoms with E-state index in [1.807, 2.05) is 37.3 Å². The SMILES string of the molecule is C=C(/C=C\C=C(C)C)CC.C=C(C)C(C)(F)c1c(C)cccc1C(C)(C)C. The van der Waals surface area contributed by atoms with E-state index in [0.29, 0.717) is 5.57 Å². The Kier molecular flexibility index (Phi) is 9.71. The molecule has 0 bridgehead atoms. The zero-order valence-electron chi connectivity index (χ0n) is 19.0. The van der Waals surface area contributed by atoms with Gasteiger partial charge in [0.05, 0.1) is 0 Å². The van der Waals surface area contributed by atoms with Crippen molar-refractivity contribution in [3.63, 3.8) is 0 Å². The number of allylic oxidation sites excluding steroid dienone is 6. The summed E-state index contributed by atoms with van der Waals surface area (Å²) in [6.45, 7) is 25.6. The van der Waals surface area contributed by atoms with Crippen LogP contribution in [0.15, 0.2) is 66.3 Å². The first kappa shape index (κ1) is 25.1. The van der Waals surface area contributed by atoms with Gasteiger partial charge in [-0.2, -0.15) is 0 Å². The monoisotopic (exact) mass is 370 g/mol. The molecule has 150 valence electrons. The Labute approximate surface area is 167 Å². The van der Waals surface area contributed by atoms with Crippen LogP contribution in [-0.2, 0) is 11.1 Å². The summed E-state index contributed by atoms with van der Waals surface area (Å²) in [5, 5.41) is 0. The van der Waals surface area contributed by atoms with E-state index in [-0.39, 0.29) is 5.41 Å². The van der Waals surface area contributed by atoms with E-state index in [0.717, 1.165) is 23.1 Å². The van der Waals surface area contributed by atoms with Crippen LogP contribution in [0.4, 0.5) is 4.39 Å². The lowest BCUT2D eigenvalue weighted by Gasteiger charge is -2.31. The molecular weight excluding hydrogens is 331 g/mol. The van der Waals surface area contributed by atoms with E-state index in [1.165, 1.54) is 11.1 Å². The quantitative estimate of drug-likeness (QED) is 0.360. The summed E-state index contributed by atoms with van der Waals surface area (Å²) in [5.74, 6) is 0. The third-order valence-electron chi connectivity index (χ3n) is 4.57. The molecule has 0 heterocycles. The molecule has 0 radical (unpaired) electrons. The smallest absolute Gasteiger partial charge is 0.154 e. The minimum absolute atomic E-state index is 0.0653. The van der Waals surface area contributed by atoms with Crippen molar-refractivity contribution in [1.82, 2.24) is 0 Å². The molecule has 1 atom stereocenters. The lowest BCUT2D eigenvalue weighted by Crippen LogP contribution is -2.25. The largest absolute Gasteiger partial charge is 0.234 e. The van der Waals surface area contributed by atoms with Gasteiger partial charge in [-0.05, 0) is 68.7 Å². The van der Waals surface area contributed by atoms with Gasteiger partial charge in [-0.25, -0.2) is 4.39 Å². The van der Waals surface area contributed by atoms with Crippen molar-refractivity contribution in [2.75, 3.05) is 0 Å². The molecule has 0 spiro atoms. The lowest BCUT2D eigenvalue weighted by molar-refractivity contribution is 0.240. The highest BCUT2D eigenvalue weighted by Gasteiger charge is 2.33. The molecule has 1 rings (SSSR count). The van der Waals surface area contributed by atoms with Crippen molar-refractivity contribution in [2.24, 2.45) is 0 Å². The number of benzene rings is 1. The maximum absolute atomic E-state index is 14.9. The van der Waals surface area contributed by atoms with Crippen molar-refractivity contribution in [3.8, 4) is 0 Å². The van der Waals surface area contributed by atoms with Gasteiger partial charge in [0.1, 0.15) is 0 Å². The number of hydrogen-bond acceptors (Lipinski definition) is 0. The Balaban J connectivity index is 0.000000580. The Morgan fingerprint density at radius 1 is 1.07 bits per heavy atom. The second-order valence-electron chi connectivity index (χ2n) is 8.65. The van der Waals surface area contributed by atoms with Crippen LogP contribution in [0, 0.1) is 6.92 Å². The fraction of sp³-hybridized carbons (Fsp3) is 0.462. The van der Waals surface area contributed by atoms with Gasteiger partial charge in [-0.3, -0.25) is 0 Å². The molecule has 0 amide bonds. The van der Waals surface area contributed by atoms with Gasteiger partial charge in [-0.15, -0.1) is 0 Å². The molecule has 1 heteroatoms. The number of rotatable bonds is 5. The lowest BCUT2D eigenvalue weighted by atomic mass is 9.76. The van der Waals surface area contributed by atoms with Crippen LogP contribution >= 0.6 is 0 Å². The molecule has 0 aliphatic rings. The first-order chi connectivity index (χ1) is 12.2. The number of hydrogen-bond donors (Lipinski definition) is 0. The second kappa shape index (κ2) is 10.4. The van der Waals surface area contributed by atoms with E-state index in [4.69, 9.17) is 0 Å². The summed E-state index contributed by atoms with van der Waals surface area (Å²) in [6.07, 6.45) is 7.21. The molecule has 27 heavy (non-hydrogen) atoms. The standard InChI is InChI=1S/C16H23F.C10H16/c1-11(2)16(7,17)14-12(3)9-8-10-13(14)15(4,5)6;1-5-10(4)8-6-7-9(2)3/h8-10H,1H2,2-7H3;6-8H,4-5H2,1-3H3/b;8-6-. The summed E-state index contributed by atoms with van der Waals surface area (Å²) >= 11 is 0. The molecule has 0 saturated carbocycles. The normalized spacial score (nSPS) is 13.4. The molecule has 1 aromatic rings. The molecule has 0 aromatic heterocycles. The average Bonchev–Trinajstić information content (AvgIpc) is 2.53. The van der Waals surface area contributed by atoms with Gasteiger partial charge in [-0.1, -0.05) is 88.4 Å². The van der Waals surface area contributed by atoms with E-state index < -0.39 is 5.67 Å². The number of aryl methyl sites for hydroxylation is 1. The molecular formula is C26H39F. The zero-order chi connectivity index (χ0) is 21.4. The van der Waals surface area contributed by atoms with E-state index >= 15 is 0 Å². The van der Waals surface area contributed by atoms with Crippen LogP contribution in [0.2, 0.25) is 0 Å². The third-order valence-corrected chi connectivity index (χ3v) is 4.57. The van der Waals surface area contributed by atoms with Crippen molar-refractivity contribution >= 4 is 0 Å². The fourth-order valence-electron chi connectivity index (χ4n) is 2.62. The van der Waals surface area contributed by atoms with Gasteiger partial charge in [0.2, 0.25) is 0 Å². The van der Waals surface area contributed by atoms with Gasteiger partial charge in [0.25, 0.3) is 0 Å². The van der Waals surface area contributed by atoms with Crippen LogP contribution < -0.4 is 0 Å². The maximum Gasteiger partial charge on any atom is 0.154 e. The van der Waals surface area contributed by atoms with Gasteiger partial charge < -0.3 is 0 Å². The van der Waals surface area contributed by atoms with Crippen LogP contribution in [-0.4, -0.2) is 0 Å². The van der Waals surface area contributed by atoms with Crippen molar-refractivity contribution in [2.45, 2.75) is 79.8 Å². The summed E-state index contributed by atoms with van der Waals surface area (Å²) < 4.78 is 14.9. The van der Waals surface area contributed by atoms with Crippen molar-refractivity contribution in [1.29, 1.82) is 0 Å². The predicted octanol–water partition coefficient (Wildman–Crippen LogP) is 8.53. The molecule has 1 aromatic carbocycles. The Hall–Kier alpha value is -1.89. The Bertz CT molecular complexity index is 702. The molecule has 0 saturated heterocycles. The van der Waals surface area contributed by atoms with Crippen molar-refractivity contribution < 1.29 is 4.39 Å². The van der Waals surface area contributed by atoms with Crippen LogP contribution in [0.1, 0.15) is 78.5 Å². The van der Waals surface area contributed by atoms with Gasteiger partial charge >= 0.3 is 0 Å². The minimum Gasteiger partial charge on any atom is -0.234 e. The fourth-order valence-corrected chi connectivity index (χ4v) is 2.62. The highest BCUT2D eigenvalue weighted by molar-refractivity contribution is 5.45. The molecule has 0 fully saturated rings.